The van der Waals surface area contributed by atoms with Gasteiger partial charge in [-0.3, -0.25) is 23.7 Å². The van der Waals surface area contributed by atoms with Gasteiger partial charge in [0.1, 0.15) is 13.1 Å². The topological polar surface area (TPSA) is 123 Å². The third-order valence-corrected chi connectivity index (χ3v) is 3.18. The molecule has 0 spiro atoms. The molecule has 0 radical (unpaired) electrons. The number of amides is 2. The van der Waals surface area contributed by atoms with Gasteiger partial charge in [-0.05, 0) is 6.92 Å². The minimum absolute atomic E-state index is 0.311. The first-order chi connectivity index (χ1) is 8.81. The van der Waals surface area contributed by atoms with E-state index in [1.54, 1.807) is 12.3 Å². The normalized spacial score (nSPS) is 10.2. The summed E-state index contributed by atoms with van der Waals surface area (Å²) in [6.07, 6.45) is 0. The van der Waals surface area contributed by atoms with Crippen molar-refractivity contribution in [2.45, 2.75) is 13.5 Å². The predicted molar refractivity (Wildman–Crippen MR) is 66.7 cm³/mol. The van der Waals surface area contributed by atoms with Crippen LogP contribution in [-0.2, 0) is 20.9 Å². The van der Waals surface area contributed by atoms with Gasteiger partial charge in [0.15, 0.2) is 0 Å². The van der Waals surface area contributed by atoms with Crippen LogP contribution in [0, 0.1) is 6.92 Å². The van der Waals surface area contributed by atoms with Crippen LogP contribution in [0.25, 0.3) is 0 Å². The highest BCUT2D eigenvalue weighted by Crippen LogP contribution is 2.01. The highest BCUT2D eigenvalue weighted by Gasteiger charge is 2.20. The molecule has 0 aliphatic heterocycles. The van der Waals surface area contributed by atoms with E-state index in [0.29, 0.717) is 5.69 Å². The number of hydrogen-bond acceptors (Lipinski definition) is 5. The highest BCUT2D eigenvalue weighted by molar-refractivity contribution is 7.07. The third-order valence-electron chi connectivity index (χ3n) is 2.30. The van der Waals surface area contributed by atoms with E-state index < -0.39 is 30.9 Å². The SMILES string of the molecule is Cc1csc(=O)n1CC(=O)N(CC(N)=O)CC(=O)O. The van der Waals surface area contributed by atoms with Gasteiger partial charge in [0.2, 0.25) is 11.8 Å². The highest BCUT2D eigenvalue weighted by atomic mass is 32.1. The second kappa shape index (κ2) is 6.14. The number of carboxylic acids is 1. The Labute approximate surface area is 112 Å². The molecule has 1 aromatic rings. The van der Waals surface area contributed by atoms with Crippen molar-refractivity contribution in [3.05, 3.63) is 20.7 Å². The van der Waals surface area contributed by atoms with Crippen molar-refractivity contribution in [2.75, 3.05) is 13.1 Å². The van der Waals surface area contributed by atoms with Gasteiger partial charge in [-0.15, -0.1) is 0 Å². The number of nitrogens with zero attached hydrogens (tertiary/aromatic N) is 2. The van der Waals surface area contributed by atoms with Crippen LogP contribution < -0.4 is 10.6 Å². The maximum Gasteiger partial charge on any atom is 0.323 e. The first kappa shape index (κ1) is 14.9. The zero-order valence-corrected chi connectivity index (χ0v) is 11.0. The van der Waals surface area contributed by atoms with Crippen molar-refractivity contribution in [1.29, 1.82) is 0 Å². The van der Waals surface area contributed by atoms with Crippen LogP contribution in [0.15, 0.2) is 10.2 Å². The largest absolute Gasteiger partial charge is 0.480 e. The standard InChI is InChI=1S/C10H13N3O5S/c1-6-5-19-10(18)13(6)3-8(15)12(2-7(11)14)4-9(16)17/h5H,2-4H2,1H3,(H2,11,14)(H,16,17). The molecular weight excluding hydrogens is 274 g/mol. The van der Waals surface area contributed by atoms with Crippen molar-refractivity contribution in [1.82, 2.24) is 9.47 Å². The average Bonchev–Trinajstić information content (AvgIpc) is 2.58. The Balaban J connectivity index is 2.85. The van der Waals surface area contributed by atoms with Crippen LogP contribution in [0.4, 0.5) is 0 Å². The Kier molecular flexibility index (Phi) is 4.81. The zero-order valence-electron chi connectivity index (χ0n) is 10.2. The monoisotopic (exact) mass is 287 g/mol. The summed E-state index contributed by atoms with van der Waals surface area (Å²) in [5.41, 5.74) is 5.54. The molecule has 1 rings (SSSR count). The Bertz CT molecular complexity index is 546. The zero-order chi connectivity index (χ0) is 14.6. The maximum atomic E-state index is 11.9. The van der Waals surface area contributed by atoms with Crippen molar-refractivity contribution >= 4 is 29.1 Å². The summed E-state index contributed by atoms with van der Waals surface area (Å²) in [5, 5.41) is 10.3. The Morgan fingerprint density at radius 1 is 1.42 bits per heavy atom. The molecule has 3 N–H and O–H groups in total. The Morgan fingerprint density at radius 3 is 2.47 bits per heavy atom. The quantitative estimate of drug-likeness (QED) is 0.667. The van der Waals surface area contributed by atoms with Crippen molar-refractivity contribution in [2.24, 2.45) is 5.73 Å². The molecule has 0 saturated carbocycles. The molecule has 2 amide bonds. The number of carbonyl (C=O) groups is 3. The lowest BCUT2D eigenvalue weighted by Crippen LogP contribution is -2.43. The van der Waals surface area contributed by atoms with Crippen molar-refractivity contribution in [3.8, 4) is 0 Å². The van der Waals surface area contributed by atoms with Crippen LogP contribution in [0.1, 0.15) is 5.69 Å². The first-order valence-corrected chi connectivity index (χ1v) is 6.12. The van der Waals surface area contributed by atoms with E-state index >= 15 is 0 Å². The molecule has 19 heavy (non-hydrogen) atoms. The second-order valence-corrected chi connectivity index (χ2v) is 4.66. The Hall–Kier alpha value is -2.16. The molecule has 0 aliphatic rings. The lowest BCUT2D eigenvalue weighted by Gasteiger charge is -2.19. The van der Waals surface area contributed by atoms with Gasteiger partial charge in [0.05, 0.1) is 6.54 Å². The van der Waals surface area contributed by atoms with Crippen LogP contribution in [0.2, 0.25) is 0 Å². The molecule has 1 aromatic heterocycles. The van der Waals surface area contributed by atoms with E-state index in [4.69, 9.17) is 10.8 Å². The fourth-order valence-electron chi connectivity index (χ4n) is 1.42. The number of aliphatic carboxylic acids is 1. The molecule has 0 unspecified atom stereocenters. The van der Waals surface area contributed by atoms with E-state index in [9.17, 15) is 19.2 Å². The minimum Gasteiger partial charge on any atom is -0.480 e. The third kappa shape index (κ3) is 4.21. The molecule has 1 heterocycles. The second-order valence-electron chi connectivity index (χ2n) is 3.84. The van der Waals surface area contributed by atoms with E-state index in [0.717, 1.165) is 16.2 Å². The summed E-state index contributed by atoms with van der Waals surface area (Å²) < 4.78 is 1.21. The van der Waals surface area contributed by atoms with Gasteiger partial charge in [-0.1, -0.05) is 11.3 Å². The van der Waals surface area contributed by atoms with E-state index in [2.05, 4.69) is 0 Å². The molecule has 8 nitrogen and oxygen atoms in total. The lowest BCUT2D eigenvalue weighted by molar-refractivity contribution is -0.145. The molecular formula is C10H13N3O5S. The van der Waals surface area contributed by atoms with Crippen molar-refractivity contribution in [3.63, 3.8) is 0 Å². The number of carboxylic acid groups (broad SMARTS) is 1. The summed E-state index contributed by atoms with van der Waals surface area (Å²) in [4.78, 5) is 45.2. The van der Waals surface area contributed by atoms with Gasteiger partial charge < -0.3 is 15.7 Å². The van der Waals surface area contributed by atoms with E-state index in [1.165, 1.54) is 4.57 Å². The van der Waals surface area contributed by atoms with Gasteiger partial charge >= 0.3 is 10.8 Å². The van der Waals surface area contributed by atoms with Gasteiger partial charge in [0, 0.05) is 11.1 Å². The van der Waals surface area contributed by atoms with Crippen molar-refractivity contribution < 1.29 is 19.5 Å². The van der Waals surface area contributed by atoms with E-state index in [-0.39, 0.29) is 11.4 Å². The predicted octanol–water partition coefficient (Wildman–Crippen LogP) is -1.38. The number of hydrogen-bond donors (Lipinski definition) is 2. The smallest absolute Gasteiger partial charge is 0.323 e. The van der Waals surface area contributed by atoms with Crippen LogP contribution in [-0.4, -0.2) is 45.4 Å². The molecule has 0 aliphatic carbocycles. The minimum atomic E-state index is -1.26. The lowest BCUT2D eigenvalue weighted by atomic mass is 10.4. The number of primary amides is 1. The van der Waals surface area contributed by atoms with E-state index in [1.807, 2.05) is 0 Å². The molecule has 0 aromatic carbocycles. The summed E-state index contributed by atoms with van der Waals surface area (Å²) in [7, 11) is 0. The summed E-state index contributed by atoms with van der Waals surface area (Å²) in [6, 6.07) is 0. The van der Waals surface area contributed by atoms with Gasteiger partial charge in [-0.25, -0.2) is 0 Å². The summed E-state index contributed by atoms with van der Waals surface area (Å²) in [5.74, 6) is -2.72. The fraction of sp³-hybridized carbons (Fsp3) is 0.400. The average molecular weight is 287 g/mol. The Morgan fingerprint density at radius 2 is 2.05 bits per heavy atom. The maximum absolute atomic E-state index is 11.9. The van der Waals surface area contributed by atoms with Gasteiger partial charge in [0.25, 0.3) is 0 Å². The fourth-order valence-corrected chi connectivity index (χ4v) is 2.15. The molecule has 0 saturated heterocycles. The molecule has 0 bridgehead atoms. The number of aromatic nitrogens is 1. The number of thiazole rings is 1. The molecule has 0 fully saturated rings. The molecule has 104 valence electrons. The van der Waals surface area contributed by atoms with Gasteiger partial charge in [-0.2, -0.15) is 0 Å². The number of nitrogens with two attached hydrogens (primary N) is 1. The first-order valence-electron chi connectivity index (χ1n) is 5.24. The van der Waals surface area contributed by atoms with Crippen LogP contribution in [0.5, 0.6) is 0 Å². The van der Waals surface area contributed by atoms with Crippen LogP contribution >= 0.6 is 11.3 Å². The number of rotatable bonds is 6. The molecule has 9 heteroatoms. The summed E-state index contributed by atoms with van der Waals surface area (Å²) >= 11 is 0.941. The number of carbonyl (C=O) groups excluding carboxylic acids is 2. The number of aryl methyl sites for hydroxylation is 1. The molecule has 0 atom stereocenters. The summed E-state index contributed by atoms with van der Waals surface area (Å²) in [6.45, 7) is 0.207. The van der Waals surface area contributed by atoms with Crippen LogP contribution in [0.3, 0.4) is 0 Å².